The third-order valence-corrected chi connectivity index (χ3v) is 1.89. The largest absolute Gasteiger partial charge is 0.369 e. The van der Waals surface area contributed by atoms with E-state index in [1.165, 1.54) is 12.8 Å². The second kappa shape index (κ2) is 5.51. The van der Waals surface area contributed by atoms with Crippen molar-refractivity contribution in [3.8, 4) is 0 Å². The Morgan fingerprint density at radius 2 is 2.00 bits per heavy atom. The lowest BCUT2D eigenvalue weighted by molar-refractivity contribution is 0.773. The minimum Gasteiger partial charge on any atom is -0.369 e. The molecule has 0 aromatic carbocycles. The molecule has 72 valence electrons. The summed E-state index contributed by atoms with van der Waals surface area (Å²) in [6, 6.07) is 0. The molecule has 1 aromatic rings. The minimum atomic E-state index is 0.901. The van der Waals surface area contributed by atoms with Crippen LogP contribution >= 0.6 is 0 Å². The number of hydrogen-bond acceptors (Lipinski definition) is 3. The second-order valence-corrected chi connectivity index (χ2v) is 2.99. The van der Waals surface area contributed by atoms with E-state index in [2.05, 4.69) is 29.1 Å². The summed E-state index contributed by atoms with van der Waals surface area (Å²) >= 11 is 0. The third kappa shape index (κ3) is 3.01. The third-order valence-electron chi connectivity index (χ3n) is 1.89. The molecule has 0 aliphatic carbocycles. The lowest BCUT2D eigenvalue weighted by Crippen LogP contribution is -2.04. The normalized spacial score (nSPS) is 10.0. The highest BCUT2D eigenvalue weighted by Crippen LogP contribution is 2.10. The molecule has 0 saturated heterocycles. The number of nitrogens with zero attached hydrogens (tertiary/aromatic N) is 2. The van der Waals surface area contributed by atoms with Gasteiger partial charge in [0.25, 0.3) is 0 Å². The first-order chi connectivity index (χ1) is 6.38. The quantitative estimate of drug-likeness (QED) is 0.753. The van der Waals surface area contributed by atoms with Gasteiger partial charge in [0.05, 0.1) is 5.69 Å². The number of nitrogens with one attached hydrogen (secondary N) is 1. The van der Waals surface area contributed by atoms with Crippen molar-refractivity contribution in [1.29, 1.82) is 0 Å². The van der Waals surface area contributed by atoms with Crippen LogP contribution in [0.25, 0.3) is 0 Å². The first-order valence-corrected chi connectivity index (χ1v) is 4.92. The zero-order valence-corrected chi connectivity index (χ0v) is 8.38. The lowest BCUT2D eigenvalue weighted by Gasteiger charge is -2.06. The van der Waals surface area contributed by atoms with Crippen LogP contribution in [0, 0.1) is 0 Å². The summed E-state index contributed by atoms with van der Waals surface area (Å²) in [6.45, 7) is 5.15. The van der Waals surface area contributed by atoms with Crippen LogP contribution in [-0.2, 0) is 6.42 Å². The Morgan fingerprint density at radius 1 is 1.23 bits per heavy atom. The Kier molecular flexibility index (Phi) is 4.23. The number of aromatic nitrogens is 2. The van der Waals surface area contributed by atoms with Gasteiger partial charge in [-0.1, -0.05) is 13.3 Å². The van der Waals surface area contributed by atoms with Gasteiger partial charge in [0.1, 0.15) is 5.82 Å². The highest BCUT2D eigenvalue weighted by Gasteiger charge is 2.01. The van der Waals surface area contributed by atoms with E-state index in [1.807, 2.05) is 0 Å². The van der Waals surface area contributed by atoms with E-state index in [9.17, 15) is 0 Å². The van der Waals surface area contributed by atoms with E-state index in [4.69, 9.17) is 0 Å². The molecule has 0 spiro atoms. The van der Waals surface area contributed by atoms with Crippen molar-refractivity contribution >= 4 is 5.82 Å². The molecule has 1 heterocycles. The van der Waals surface area contributed by atoms with E-state index in [-0.39, 0.29) is 0 Å². The zero-order chi connectivity index (χ0) is 9.52. The summed E-state index contributed by atoms with van der Waals surface area (Å²) in [4.78, 5) is 8.56. The number of rotatable bonds is 5. The van der Waals surface area contributed by atoms with Crippen LogP contribution in [0.3, 0.4) is 0 Å². The Bertz CT molecular complexity index is 248. The Hall–Kier alpha value is -1.12. The number of hydrogen-bond donors (Lipinski definition) is 1. The van der Waals surface area contributed by atoms with Crippen LogP contribution in [0.1, 0.15) is 32.4 Å². The average molecular weight is 179 g/mol. The van der Waals surface area contributed by atoms with Gasteiger partial charge in [0.2, 0.25) is 0 Å². The zero-order valence-electron chi connectivity index (χ0n) is 8.38. The Labute approximate surface area is 79.6 Å². The predicted molar refractivity (Wildman–Crippen MR) is 54.8 cm³/mol. The van der Waals surface area contributed by atoms with Gasteiger partial charge in [-0.2, -0.15) is 0 Å². The van der Waals surface area contributed by atoms with Crippen molar-refractivity contribution in [3.63, 3.8) is 0 Å². The molecule has 0 fully saturated rings. The van der Waals surface area contributed by atoms with Gasteiger partial charge >= 0.3 is 0 Å². The molecule has 0 aliphatic heterocycles. The molecule has 0 atom stereocenters. The smallest absolute Gasteiger partial charge is 0.147 e. The summed E-state index contributed by atoms with van der Waals surface area (Å²) in [5, 5.41) is 3.21. The Balaban J connectivity index is 2.66. The maximum Gasteiger partial charge on any atom is 0.147 e. The van der Waals surface area contributed by atoms with E-state index in [0.717, 1.165) is 24.5 Å². The van der Waals surface area contributed by atoms with Crippen LogP contribution in [0.2, 0.25) is 0 Å². The van der Waals surface area contributed by atoms with Crippen molar-refractivity contribution in [1.82, 2.24) is 9.97 Å². The van der Waals surface area contributed by atoms with Crippen molar-refractivity contribution in [2.45, 2.75) is 33.1 Å². The topological polar surface area (TPSA) is 37.8 Å². The average Bonchev–Trinajstić information content (AvgIpc) is 2.17. The van der Waals surface area contributed by atoms with Gasteiger partial charge in [-0.25, -0.2) is 4.98 Å². The van der Waals surface area contributed by atoms with Gasteiger partial charge in [-0.15, -0.1) is 0 Å². The highest BCUT2D eigenvalue weighted by atomic mass is 15.0. The van der Waals surface area contributed by atoms with E-state index in [0.29, 0.717) is 0 Å². The van der Waals surface area contributed by atoms with Crippen LogP contribution in [-0.4, -0.2) is 16.5 Å². The maximum atomic E-state index is 4.31. The molecule has 0 bridgehead atoms. The summed E-state index contributed by atoms with van der Waals surface area (Å²) in [6.07, 6.45) is 6.88. The molecule has 0 aliphatic rings. The van der Waals surface area contributed by atoms with Crippen molar-refractivity contribution in [2.24, 2.45) is 0 Å². The molecule has 13 heavy (non-hydrogen) atoms. The highest BCUT2D eigenvalue weighted by molar-refractivity contribution is 5.39. The summed E-state index contributed by atoms with van der Waals surface area (Å²) in [5.41, 5.74) is 1.09. The molecule has 0 amide bonds. The van der Waals surface area contributed by atoms with E-state index >= 15 is 0 Å². The van der Waals surface area contributed by atoms with E-state index in [1.54, 1.807) is 12.4 Å². The number of unbranched alkanes of at least 4 members (excludes halogenated alkanes) is 1. The first kappa shape index (κ1) is 9.96. The fourth-order valence-electron chi connectivity index (χ4n) is 1.21. The molecular formula is C10H17N3. The van der Waals surface area contributed by atoms with Gasteiger partial charge < -0.3 is 5.32 Å². The van der Waals surface area contributed by atoms with Gasteiger partial charge in [-0.05, 0) is 19.8 Å². The molecule has 0 saturated carbocycles. The monoisotopic (exact) mass is 179 g/mol. The van der Waals surface area contributed by atoms with Gasteiger partial charge in [-0.3, -0.25) is 4.98 Å². The SMILES string of the molecule is CCCCc1nccnc1NCC. The van der Waals surface area contributed by atoms with Crippen LogP contribution < -0.4 is 5.32 Å². The summed E-state index contributed by atoms with van der Waals surface area (Å²) < 4.78 is 0. The van der Waals surface area contributed by atoms with E-state index < -0.39 is 0 Å². The van der Waals surface area contributed by atoms with Crippen molar-refractivity contribution in [2.75, 3.05) is 11.9 Å². The van der Waals surface area contributed by atoms with Gasteiger partial charge in [0.15, 0.2) is 0 Å². The van der Waals surface area contributed by atoms with Crippen LogP contribution in [0.4, 0.5) is 5.82 Å². The summed E-state index contributed by atoms with van der Waals surface area (Å²) in [5.74, 6) is 0.943. The Morgan fingerprint density at radius 3 is 2.69 bits per heavy atom. The van der Waals surface area contributed by atoms with Crippen molar-refractivity contribution in [3.05, 3.63) is 18.1 Å². The molecule has 1 rings (SSSR count). The maximum absolute atomic E-state index is 4.31. The molecule has 0 radical (unpaired) electrons. The molecule has 0 unspecified atom stereocenters. The minimum absolute atomic E-state index is 0.901. The molecular weight excluding hydrogens is 162 g/mol. The van der Waals surface area contributed by atoms with Crippen LogP contribution in [0.5, 0.6) is 0 Å². The molecule has 3 heteroatoms. The fourth-order valence-corrected chi connectivity index (χ4v) is 1.21. The van der Waals surface area contributed by atoms with Crippen molar-refractivity contribution < 1.29 is 0 Å². The number of aryl methyl sites for hydroxylation is 1. The predicted octanol–water partition coefficient (Wildman–Crippen LogP) is 2.25. The van der Waals surface area contributed by atoms with Gasteiger partial charge in [0, 0.05) is 18.9 Å². The lowest BCUT2D eigenvalue weighted by atomic mass is 10.2. The molecule has 1 aromatic heterocycles. The summed E-state index contributed by atoms with van der Waals surface area (Å²) in [7, 11) is 0. The first-order valence-electron chi connectivity index (χ1n) is 4.92. The number of anilines is 1. The fraction of sp³-hybridized carbons (Fsp3) is 0.600. The van der Waals surface area contributed by atoms with Crippen LogP contribution in [0.15, 0.2) is 12.4 Å². The standard InChI is InChI=1S/C10H17N3/c1-3-5-6-9-10(11-4-2)13-8-7-12-9/h7-8H,3-6H2,1-2H3,(H,11,13). The second-order valence-electron chi connectivity index (χ2n) is 2.99. The molecule has 3 nitrogen and oxygen atoms in total. The molecule has 1 N–H and O–H groups in total.